The number of hydrogen-bond donors (Lipinski definition) is 0. The van der Waals surface area contributed by atoms with Crippen molar-refractivity contribution in [1.82, 2.24) is 0 Å². The van der Waals surface area contributed by atoms with Crippen LogP contribution in [-0.4, -0.2) is 0 Å². The lowest BCUT2D eigenvalue weighted by Crippen LogP contribution is -2.68. The third-order valence-corrected chi connectivity index (χ3v) is 6.18. The number of nitrogens with zero attached hydrogens (tertiary/aromatic N) is 2. The predicted molar refractivity (Wildman–Crippen MR) is 139 cm³/mol. The van der Waals surface area contributed by atoms with Gasteiger partial charge in [-0.3, -0.25) is 0 Å². The molecule has 0 aliphatic carbocycles. The molecule has 5 rings (SSSR count). The van der Waals surface area contributed by atoms with Crippen molar-refractivity contribution in [1.29, 1.82) is 0 Å². The highest BCUT2D eigenvalue weighted by Gasteiger charge is 2.27. The Morgan fingerprint density at radius 2 is 1.24 bits per heavy atom. The van der Waals surface area contributed by atoms with Crippen molar-refractivity contribution in [2.24, 2.45) is 0 Å². The molecule has 34 heavy (non-hydrogen) atoms. The summed E-state index contributed by atoms with van der Waals surface area (Å²) in [6.45, 7) is 6.19. The van der Waals surface area contributed by atoms with Gasteiger partial charge in [0.2, 0.25) is 12.4 Å². The number of rotatable bonds is 6. The lowest BCUT2D eigenvalue weighted by Gasteiger charge is -2.10. The second kappa shape index (κ2) is 9.68. The van der Waals surface area contributed by atoms with Gasteiger partial charge in [-0.15, -0.1) is 6.58 Å². The van der Waals surface area contributed by atoms with Gasteiger partial charge in [-0.05, 0) is 65.9 Å². The van der Waals surface area contributed by atoms with Crippen LogP contribution in [-0.2, 0) is 6.42 Å². The molecular weight excluding hydrogens is 412 g/mol. The molecule has 0 N–H and O–H groups in total. The van der Waals surface area contributed by atoms with Crippen molar-refractivity contribution < 1.29 is 9.35 Å². The first-order valence-corrected chi connectivity index (χ1v) is 11.6. The van der Waals surface area contributed by atoms with Crippen molar-refractivity contribution in [2.45, 2.75) is 13.3 Å². The van der Waals surface area contributed by atoms with Crippen LogP contribution < -0.4 is 9.35 Å². The molecule has 164 valence electrons. The molecule has 3 aromatic carbocycles. The zero-order valence-corrected chi connectivity index (χ0v) is 19.4. The van der Waals surface area contributed by atoms with Crippen molar-refractivity contribution in [3.63, 3.8) is 0 Å². The topological polar surface area (TPSA) is 7.76 Å². The van der Waals surface area contributed by atoms with Gasteiger partial charge in [-0.25, -0.2) is 0 Å². The summed E-state index contributed by atoms with van der Waals surface area (Å²) in [6, 6.07) is 38.5. The van der Waals surface area contributed by atoms with Gasteiger partial charge >= 0.3 is 0 Å². The highest BCUT2D eigenvalue weighted by Crippen LogP contribution is 2.28. The highest BCUT2D eigenvalue weighted by molar-refractivity contribution is 5.71. The van der Waals surface area contributed by atoms with Gasteiger partial charge in [0, 0.05) is 24.3 Å². The van der Waals surface area contributed by atoms with Crippen LogP contribution >= 0.6 is 0 Å². The van der Waals surface area contributed by atoms with Gasteiger partial charge in [0.15, 0.2) is 0 Å². The van der Waals surface area contributed by atoms with Crippen molar-refractivity contribution in [3.05, 3.63) is 145 Å². The van der Waals surface area contributed by atoms with Crippen molar-refractivity contribution in [2.75, 3.05) is 0 Å². The van der Waals surface area contributed by atoms with Gasteiger partial charge in [0.05, 0.1) is 20.5 Å². The first kappa shape index (κ1) is 21.5. The Morgan fingerprint density at radius 3 is 1.91 bits per heavy atom. The molecule has 2 heteroatoms. The third kappa shape index (κ3) is 4.18. The summed E-state index contributed by atoms with van der Waals surface area (Å²) >= 11 is 0. The van der Waals surface area contributed by atoms with Crippen LogP contribution in [0.1, 0.15) is 11.1 Å². The van der Waals surface area contributed by atoms with E-state index in [1.165, 1.54) is 33.4 Å². The molecule has 2 heterocycles. The molecule has 0 amide bonds. The van der Waals surface area contributed by atoms with Crippen LogP contribution in [0.15, 0.2) is 134 Å². The van der Waals surface area contributed by atoms with Crippen molar-refractivity contribution in [3.8, 4) is 33.6 Å². The summed E-state index contributed by atoms with van der Waals surface area (Å²) < 4.78 is 4.45. The van der Waals surface area contributed by atoms with E-state index in [1.807, 2.05) is 6.08 Å². The second-order valence-corrected chi connectivity index (χ2v) is 8.41. The fraction of sp³-hybridized carbons (Fsp3) is 0.0625. The Morgan fingerprint density at radius 1 is 0.618 bits per heavy atom. The van der Waals surface area contributed by atoms with E-state index >= 15 is 0 Å². The SMILES string of the molecule is C=CCc1cc(-c2ccccc2)ccc1-c1cccc[n+]1-[n+]1ccccc1-c1ccccc1C. The van der Waals surface area contributed by atoms with E-state index in [2.05, 4.69) is 144 Å². The van der Waals surface area contributed by atoms with Gasteiger partial charge in [0.25, 0.3) is 11.4 Å². The van der Waals surface area contributed by atoms with E-state index in [4.69, 9.17) is 0 Å². The van der Waals surface area contributed by atoms with E-state index in [-0.39, 0.29) is 0 Å². The lowest BCUT2D eigenvalue weighted by atomic mass is 9.95. The summed E-state index contributed by atoms with van der Waals surface area (Å²) in [5.74, 6) is 0. The largest absolute Gasteiger partial charge is 0.284 e. The predicted octanol–water partition coefficient (Wildman–Crippen LogP) is 6.61. The van der Waals surface area contributed by atoms with E-state index < -0.39 is 0 Å². The number of hydrogen-bond acceptors (Lipinski definition) is 0. The van der Waals surface area contributed by atoms with Gasteiger partial charge < -0.3 is 0 Å². The molecule has 0 aliphatic heterocycles. The Kier molecular flexibility index (Phi) is 6.13. The molecule has 0 saturated heterocycles. The molecule has 0 aliphatic rings. The molecule has 0 saturated carbocycles. The van der Waals surface area contributed by atoms with Crippen LogP contribution in [0.3, 0.4) is 0 Å². The number of aromatic nitrogens is 2. The summed E-state index contributed by atoms with van der Waals surface area (Å²) in [5.41, 5.74) is 9.64. The maximum Gasteiger partial charge on any atom is 0.284 e. The van der Waals surface area contributed by atoms with E-state index in [0.29, 0.717) is 0 Å². The highest BCUT2D eigenvalue weighted by atomic mass is 15.4. The molecule has 0 unspecified atom stereocenters. The summed E-state index contributed by atoms with van der Waals surface area (Å²) in [6.07, 6.45) is 7.03. The summed E-state index contributed by atoms with van der Waals surface area (Å²) in [5, 5.41) is 0. The Balaban J connectivity index is 1.69. The minimum Gasteiger partial charge on any atom is -0.103 e. The average molecular weight is 441 g/mol. The molecule has 5 aromatic rings. The molecule has 0 bridgehead atoms. The first-order chi connectivity index (χ1) is 16.8. The minimum atomic E-state index is 0.801. The fourth-order valence-electron chi connectivity index (χ4n) is 4.51. The molecule has 2 nitrogen and oxygen atoms in total. The molecule has 2 aromatic heterocycles. The number of aryl methyl sites for hydroxylation is 1. The molecule has 0 spiro atoms. The summed E-state index contributed by atoms with van der Waals surface area (Å²) in [7, 11) is 0. The fourth-order valence-corrected chi connectivity index (χ4v) is 4.51. The van der Waals surface area contributed by atoms with Crippen LogP contribution in [0, 0.1) is 6.92 Å². The minimum absolute atomic E-state index is 0.801. The first-order valence-electron chi connectivity index (χ1n) is 11.6. The monoisotopic (exact) mass is 440 g/mol. The molecule has 0 fully saturated rings. The standard InChI is InChI=1S/C32H28N2/c1-3-13-28-24-27(26-15-5-4-6-16-26)20-21-30(28)32-19-10-12-23-34(32)33-22-11-9-18-31(33)29-17-8-7-14-25(29)2/h3-12,14-24H,1,13H2,2H3/q+2. The Bertz CT molecular complexity index is 1450. The number of benzene rings is 3. The normalized spacial score (nSPS) is 10.7. The van der Waals surface area contributed by atoms with Gasteiger partial charge in [-0.1, -0.05) is 60.7 Å². The summed E-state index contributed by atoms with van der Waals surface area (Å²) in [4.78, 5) is 0. The zero-order chi connectivity index (χ0) is 23.3. The van der Waals surface area contributed by atoms with Crippen LogP contribution in [0.25, 0.3) is 33.6 Å². The number of allylic oxidation sites excluding steroid dienone is 1. The van der Waals surface area contributed by atoms with Crippen LogP contribution in [0.4, 0.5) is 0 Å². The maximum absolute atomic E-state index is 4.03. The molecular formula is C32H28N2+2. The maximum atomic E-state index is 4.03. The zero-order valence-electron chi connectivity index (χ0n) is 19.4. The van der Waals surface area contributed by atoms with Gasteiger partial charge in [0.1, 0.15) is 0 Å². The average Bonchev–Trinajstić information content (AvgIpc) is 2.90. The molecule has 0 radical (unpaired) electrons. The lowest BCUT2D eigenvalue weighted by molar-refractivity contribution is -1.29. The van der Waals surface area contributed by atoms with Crippen molar-refractivity contribution >= 4 is 0 Å². The molecule has 0 atom stereocenters. The van der Waals surface area contributed by atoms with E-state index in [1.54, 1.807) is 0 Å². The Hall–Kier alpha value is -4.30. The Labute approximate surface area is 201 Å². The van der Waals surface area contributed by atoms with Crippen LogP contribution in [0.2, 0.25) is 0 Å². The van der Waals surface area contributed by atoms with E-state index in [9.17, 15) is 0 Å². The smallest absolute Gasteiger partial charge is 0.103 e. The number of pyridine rings is 2. The quantitative estimate of drug-likeness (QED) is 0.207. The van der Waals surface area contributed by atoms with Crippen LogP contribution in [0.5, 0.6) is 0 Å². The third-order valence-electron chi connectivity index (χ3n) is 6.18. The van der Waals surface area contributed by atoms with Gasteiger partial charge in [-0.2, -0.15) is 0 Å². The second-order valence-electron chi connectivity index (χ2n) is 8.41. The van der Waals surface area contributed by atoms with E-state index in [0.717, 1.165) is 17.8 Å².